The summed E-state index contributed by atoms with van der Waals surface area (Å²) in [5.41, 5.74) is 0.819. The zero-order valence-corrected chi connectivity index (χ0v) is 13.7. The number of hydrogen-bond acceptors (Lipinski definition) is 3. The van der Waals surface area contributed by atoms with Gasteiger partial charge < -0.3 is 10.1 Å². The third-order valence-electron chi connectivity index (χ3n) is 3.49. The van der Waals surface area contributed by atoms with Gasteiger partial charge in [-0.05, 0) is 45.0 Å². The van der Waals surface area contributed by atoms with Crippen LogP contribution >= 0.6 is 15.9 Å². The van der Waals surface area contributed by atoms with Gasteiger partial charge in [0.2, 0.25) is 5.91 Å². The molecule has 1 amide bonds. The van der Waals surface area contributed by atoms with Gasteiger partial charge in [-0.1, -0.05) is 15.9 Å². The van der Waals surface area contributed by atoms with Gasteiger partial charge >= 0.3 is 0 Å². The Labute approximate surface area is 128 Å². The molecule has 0 radical (unpaired) electrons. The predicted molar refractivity (Wildman–Crippen MR) is 83.8 cm³/mol. The van der Waals surface area contributed by atoms with Crippen LogP contribution in [-0.4, -0.2) is 42.1 Å². The molecule has 2 rings (SSSR count). The van der Waals surface area contributed by atoms with Crippen LogP contribution in [0.3, 0.4) is 0 Å². The number of rotatable bonds is 3. The minimum absolute atomic E-state index is 0.0219. The van der Waals surface area contributed by atoms with Gasteiger partial charge in [-0.2, -0.15) is 0 Å². The van der Waals surface area contributed by atoms with Gasteiger partial charge in [-0.25, -0.2) is 0 Å². The van der Waals surface area contributed by atoms with Gasteiger partial charge in [0.05, 0.1) is 18.2 Å². The van der Waals surface area contributed by atoms with Gasteiger partial charge in [0.25, 0.3) is 0 Å². The van der Waals surface area contributed by atoms with Crippen LogP contribution in [0.25, 0.3) is 0 Å². The van der Waals surface area contributed by atoms with Crippen LogP contribution in [-0.2, 0) is 9.53 Å². The Hall–Kier alpha value is -0.910. The Kier molecular flexibility index (Phi) is 5.18. The van der Waals surface area contributed by atoms with E-state index < -0.39 is 0 Å². The first-order chi connectivity index (χ1) is 9.45. The first-order valence-corrected chi connectivity index (χ1v) is 7.71. The lowest BCUT2D eigenvalue weighted by molar-refractivity contribution is -0.126. The highest BCUT2D eigenvalue weighted by Crippen LogP contribution is 2.17. The van der Waals surface area contributed by atoms with Gasteiger partial charge in [0, 0.05) is 23.2 Å². The molecular formula is C15H21BrN2O2. The average Bonchev–Trinajstić information content (AvgIpc) is 2.39. The second-order valence-electron chi connectivity index (χ2n) is 5.38. The summed E-state index contributed by atoms with van der Waals surface area (Å²) < 4.78 is 6.70. The number of amides is 1. The third-order valence-corrected chi connectivity index (χ3v) is 4.02. The Bertz CT molecular complexity index is 453. The fourth-order valence-corrected chi connectivity index (χ4v) is 2.74. The molecule has 0 saturated carbocycles. The first kappa shape index (κ1) is 15.5. The number of carbonyl (C=O) groups is 1. The standard InChI is InChI=1S/C15H21BrN2O2/c1-10-8-18(9-11(2)20-10)12(3)15(19)17-14-6-4-13(16)5-7-14/h4-7,10-12H,8-9H2,1-3H3,(H,17,19)/t10-,11-,12+/m1/s1. The molecule has 3 atom stereocenters. The lowest BCUT2D eigenvalue weighted by Crippen LogP contribution is -2.52. The summed E-state index contributed by atoms with van der Waals surface area (Å²) in [6, 6.07) is 7.45. The van der Waals surface area contributed by atoms with Crippen molar-refractivity contribution in [3.63, 3.8) is 0 Å². The molecule has 1 aromatic rings. The van der Waals surface area contributed by atoms with E-state index in [9.17, 15) is 4.79 Å². The third kappa shape index (κ3) is 4.04. The second-order valence-corrected chi connectivity index (χ2v) is 6.30. The van der Waals surface area contributed by atoms with Crippen molar-refractivity contribution in [2.24, 2.45) is 0 Å². The summed E-state index contributed by atoms with van der Waals surface area (Å²) in [7, 11) is 0. The van der Waals surface area contributed by atoms with E-state index in [2.05, 4.69) is 26.1 Å². The number of nitrogens with zero attached hydrogens (tertiary/aromatic N) is 1. The number of anilines is 1. The molecule has 1 aliphatic rings. The van der Waals surface area contributed by atoms with Crippen LogP contribution in [0.2, 0.25) is 0 Å². The molecule has 1 aliphatic heterocycles. The van der Waals surface area contributed by atoms with E-state index in [-0.39, 0.29) is 24.2 Å². The normalized spacial score (nSPS) is 25.2. The van der Waals surface area contributed by atoms with Crippen LogP contribution in [0.5, 0.6) is 0 Å². The van der Waals surface area contributed by atoms with Crippen molar-refractivity contribution >= 4 is 27.5 Å². The first-order valence-electron chi connectivity index (χ1n) is 6.91. The molecule has 20 heavy (non-hydrogen) atoms. The van der Waals surface area contributed by atoms with E-state index in [0.29, 0.717) is 0 Å². The van der Waals surface area contributed by atoms with Crippen LogP contribution in [0, 0.1) is 0 Å². The number of hydrogen-bond donors (Lipinski definition) is 1. The SMILES string of the molecule is C[C@@H]1CN([C@@H](C)C(=O)Nc2ccc(Br)cc2)C[C@@H](C)O1. The van der Waals surface area contributed by atoms with Crippen LogP contribution in [0.1, 0.15) is 20.8 Å². The predicted octanol–water partition coefficient (Wildman–Crippen LogP) is 2.89. The average molecular weight is 341 g/mol. The number of benzene rings is 1. The van der Waals surface area contributed by atoms with E-state index in [4.69, 9.17) is 4.74 Å². The zero-order valence-electron chi connectivity index (χ0n) is 12.1. The molecular weight excluding hydrogens is 320 g/mol. The summed E-state index contributed by atoms with van der Waals surface area (Å²) in [5, 5.41) is 2.95. The summed E-state index contributed by atoms with van der Waals surface area (Å²) in [6.07, 6.45) is 0.336. The maximum absolute atomic E-state index is 12.3. The van der Waals surface area contributed by atoms with Gasteiger partial charge in [0.1, 0.15) is 0 Å². The molecule has 1 aromatic carbocycles. The Morgan fingerprint density at radius 2 is 1.85 bits per heavy atom. The molecule has 0 aliphatic carbocycles. The van der Waals surface area contributed by atoms with E-state index in [0.717, 1.165) is 23.2 Å². The molecule has 110 valence electrons. The Morgan fingerprint density at radius 1 is 1.30 bits per heavy atom. The Morgan fingerprint density at radius 3 is 2.40 bits per heavy atom. The fraction of sp³-hybridized carbons (Fsp3) is 0.533. The minimum Gasteiger partial charge on any atom is -0.373 e. The smallest absolute Gasteiger partial charge is 0.241 e. The number of carbonyl (C=O) groups excluding carboxylic acids is 1. The maximum Gasteiger partial charge on any atom is 0.241 e. The zero-order chi connectivity index (χ0) is 14.7. The summed E-state index contributed by atoms with van der Waals surface area (Å²) >= 11 is 3.38. The van der Waals surface area contributed by atoms with Crippen molar-refractivity contribution in [2.45, 2.75) is 39.0 Å². The number of morpholine rings is 1. The number of ether oxygens (including phenoxy) is 1. The van der Waals surface area contributed by atoms with Crippen molar-refractivity contribution in [3.8, 4) is 0 Å². The molecule has 4 nitrogen and oxygen atoms in total. The van der Waals surface area contributed by atoms with E-state index >= 15 is 0 Å². The van der Waals surface area contributed by atoms with Crippen LogP contribution in [0.15, 0.2) is 28.7 Å². The highest BCUT2D eigenvalue weighted by Gasteiger charge is 2.29. The summed E-state index contributed by atoms with van der Waals surface area (Å²) in [4.78, 5) is 14.5. The van der Waals surface area contributed by atoms with Gasteiger partial charge in [-0.15, -0.1) is 0 Å². The lowest BCUT2D eigenvalue weighted by atomic mass is 10.1. The summed E-state index contributed by atoms with van der Waals surface area (Å²) in [6.45, 7) is 7.61. The molecule has 0 aromatic heterocycles. The van der Waals surface area contributed by atoms with Crippen LogP contribution < -0.4 is 5.32 Å². The quantitative estimate of drug-likeness (QED) is 0.919. The highest BCUT2D eigenvalue weighted by molar-refractivity contribution is 9.10. The molecule has 0 bridgehead atoms. The van der Waals surface area contributed by atoms with E-state index in [1.54, 1.807) is 0 Å². The lowest BCUT2D eigenvalue weighted by Gasteiger charge is -2.38. The second kappa shape index (κ2) is 6.70. The molecule has 1 heterocycles. The largest absolute Gasteiger partial charge is 0.373 e. The molecule has 1 N–H and O–H groups in total. The van der Waals surface area contributed by atoms with Gasteiger partial charge in [-0.3, -0.25) is 9.69 Å². The maximum atomic E-state index is 12.3. The van der Waals surface area contributed by atoms with Crippen molar-refractivity contribution < 1.29 is 9.53 Å². The van der Waals surface area contributed by atoms with Crippen molar-refractivity contribution in [1.29, 1.82) is 0 Å². The number of halogens is 1. The molecule has 0 unspecified atom stereocenters. The molecule has 0 spiro atoms. The van der Waals surface area contributed by atoms with Crippen LogP contribution in [0.4, 0.5) is 5.69 Å². The Balaban J connectivity index is 1.96. The van der Waals surface area contributed by atoms with Crippen molar-refractivity contribution in [1.82, 2.24) is 4.90 Å². The van der Waals surface area contributed by atoms with E-state index in [1.165, 1.54) is 0 Å². The van der Waals surface area contributed by atoms with E-state index in [1.807, 2.05) is 45.0 Å². The fourth-order valence-electron chi connectivity index (χ4n) is 2.48. The number of nitrogens with one attached hydrogen (secondary N) is 1. The monoisotopic (exact) mass is 340 g/mol. The minimum atomic E-state index is -0.160. The van der Waals surface area contributed by atoms with Crippen molar-refractivity contribution in [2.75, 3.05) is 18.4 Å². The molecule has 1 saturated heterocycles. The highest BCUT2D eigenvalue weighted by atomic mass is 79.9. The molecule has 5 heteroatoms. The van der Waals surface area contributed by atoms with Gasteiger partial charge in [0.15, 0.2) is 0 Å². The summed E-state index contributed by atoms with van der Waals surface area (Å²) in [5.74, 6) is 0.0219. The topological polar surface area (TPSA) is 41.6 Å². The molecule has 1 fully saturated rings. The van der Waals surface area contributed by atoms with Crippen molar-refractivity contribution in [3.05, 3.63) is 28.7 Å².